The Labute approximate surface area is 225 Å². The van der Waals surface area contributed by atoms with Crippen molar-refractivity contribution in [2.75, 3.05) is 61.3 Å². The highest BCUT2D eigenvalue weighted by molar-refractivity contribution is 14.2. The predicted octanol–water partition coefficient (Wildman–Crippen LogP) is 5.01. The van der Waals surface area contributed by atoms with Crippen molar-refractivity contribution in [3.8, 4) is 0 Å². The number of aromatic nitrogens is 1. The van der Waals surface area contributed by atoms with Crippen LogP contribution in [0.4, 0.5) is 22.7 Å². The summed E-state index contributed by atoms with van der Waals surface area (Å²) in [4.78, 5) is 9.47. The zero-order valence-corrected chi connectivity index (χ0v) is 23.5. The highest BCUT2D eigenvalue weighted by Gasteiger charge is 2.37. The Morgan fingerprint density at radius 2 is 1.61 bits per heavy atom. The Hall–Kier alpha value is -1.78. The van der Waals surface area contributed by atoms with Crippen molar-refractivity contribution in [1.82, 2.24) is 15.6 Å². The molecule has 4 fully saturated rings. The molecule has 6 rings (SSSR count). The van der Waals surface area contributed by atoms with Gasteiger partial charge in [0.15, 0.2) is 0 Å². The monoisotopic (exact) mass is 601 g/mol. The van der Waals surface area contributed by atoms with Crippen molar-refractivity contribution < 1.29 is 0 Å². The summed E-state index contributed by atoms with van der Waals surface area (Å²) < 4.78 is 6.47. The Morgan fingerprint density at radius 3 is 2.36 bits per heavy atom. The van der Waals surface area contributed by atoms with E-state index < -0.39 is 21.0 Å². The molecule has 2 spiro atoms. The van der Waals surface area contributed by atoms with Crippen LogP contribution in [-0.4, -0.2) is 56.3 Å². The average Bonchev–Trinajstić information content (AvgIpc) is 3.38. The van der Waals surface area contributed by atoms with Crippen LogP contribution in [0.3, 0.4) is 0 Å². The standard InChI is InChI=1S/C28H40IN7/c30-23-3-2-22(20-26(23)36-18-10-28(11-19-36)5-1-12-33-28)29-34-24-21-32-13-4-25(24)35-16-8-27(9-17-35)6-14-31-15-7-27/h2-4,13,20-21,31,33H,1,5-12,14-19,30H2. The van der Waals surface area contributed by atoms with E-state index in [0.717, 1.165) is 37.6 Å². The normalized spacial score (nSPS) is 23.9. The number of nitrogens with zero attached hydrogens (tertiary/aromatic N) is 4. The van der Waals surface area contributed by atoms with Gasteiger partial charge in [-0.1, -0.05) is 0 Å². The second-order valence-corrected chi connectivity index (χ2v) is 13.5. The van der Waals surface area contributed by atoms with Crippen molar-refractivity contribution in [2.24, 2.45) is 8.56 Å². The third-order valence-electron chi connectivity index (χ3n) is 9.22. The minimum Gasteiger partial charge on any atom is -0.397 e. The van der Waals surface area contributed by atoms with E-state index in [1.165, 1.54) is 85.9 Å². The number of benzene rings is 1. The zero-order chi connectivity index (χ0) is 24.4. The molecule has 4 N–H and O–H groups in total. The molecule has 4 saturated heterocycles. The summed E-state index contributed by atoms with van der Waals surface area (Å²) in [6.45, 7) is 7.95. The number of halogens is 1. The molecule has 0 atom stereocenters. The second-order valence-electron chi connectivity index (χ2n) is 11.3. The molecule has 36 heavy (non-hydrogen) atoms. The lowest BCUT2D eigenvalue weighted by Gasteiger charge is -2.45. The third-order valence-corrected chi connectivity index (χ3v) is 11.2. The molecule has 0 saturated carbocycles. The molecule has 7 nitrogen and oxygen atoms in total. The molecule has 2 aromatic rings. The predicted molar refractivity (Wildman–Crippen MR) is 157 cm³/mol. The number of anilines is 3. The van der Waals surface area contributed by atoms with Crippen LogP contribution in [0.5, 0.6) is 0 Å². The van der Waals surface area contributed by atoms with Crippen molar-refractivity contribution in [3.63, 3.8) is 0 Å². The largest absolute Gasteiger partial charge is 0.397 e. The molecule has 8 heteroatoms. The van der Waals surface area contributed by atoms with Gasteiger partial charge in [-0.3, -0.25) is 4.98 Å². The maximum absolute atomic E-state index is 6.46. The molecule has 0 unspecified atom stereocenters. The Bertz CT molecular complexity index is 1070. The fourth-order valence-electron chi connectivity index (χ4n) is 6.80. The van der Waals surface area contributed by atoms with E-state index in [-0.39, 0.29) is 0 Å². The first-order valence-electron chi connectivity index (χ1n) is 13.8. The number of nitrogens with one attached hydrogen (secondary N) is 2. The lowest BCUT2D eigenvalue weighted by molar-refractivity contribution is 0.155. The molecule has 0 amide bonds. The lowest BCUT2D eigenvalue weighted by atomic mass is 9.71. The number of piperidine rings is 3. The summed E-state index contributed by atoms with van der Waals surface area (Å²) >= 11 is -0.523. The van der Waals surface area contributed by atoms with E-state index >= 15 is 0 Å². The van der Waals surface area contributed by atoms with Crippen molar-refractivity contribution in [3.05, 3.63) is 40.2 Å². The molecule has 0 radical (unpaired) electrons. The summed E-state index contributed by atoms with van der Waals surface area (Å²) in [6, 6.07) is 8.74. The van der Waals surface area contributed by atoms with Crippen LogP contribution in [0.25, 0.3) is 0 Å². The quantitative estimate of drug-likeness (QED) is 0.338. The fourth-order valence-corrected chi connectivity index (χ4v) is 8.48. The first-order chi connectivity index (χ1) is 17.6. The van der Waals surface area contributed by atoms with Gasteiger partial charge in [-0.15, -0.1) is 0 Å². The maximum Gasteiger partial charge on any atom is 0.111 e. The van der Waals surface area contributed by atoms with E-state index in [0.29, 0.717) is 11.0 Å². The number of nitrogens with two attached hydrogens (primary N) is 1. The van der Waals surface area contributed by atoms with E-state index in [1.54, 1.807) is 0 Å². The summed E-state index contributed by atoms with van der Waals surface area (Å²) in [5.74, 6) is 0. The van der Waals surface area contributed by atoms with E-state index in [9.17, 15) is 0 Å². The maximum atomic E-state index is 6.46. The fraction of sp³-hybridized carbons (Fsp3) is 0.607. The van der Waals surface area contributed by atoms with Gasteiger partial charge in [0.05, 0.1) is 23.3 Å². The molecule has 5 heterocycles. The molecule has 0 bridgehead atoms. The van der Waals surface area contributed by atoms with Gasteiger partial charge in [0.2, 0.25) is 0 Å². The summed E-state index contributed by atoms with van der Waals surface area (Å²) in [6.07, 6.45) is 14.2. The Balaban J connectivity index is 1.15. The number of rotatable bonds is 4. The lowest BCUT2D eigenvalue weighted by Crippen LogP contribution is -2.50. The van der Waals surface area contributed by atoms with Crippen LogP contribution in [0.2, 0.25) is 0 Å². The zero-order valence-electron chi connectivity index (χ0n) is 21.3. The molecule has 1 aromatic heterocycles. The summed E-state index contributed by atoms with van der Waals surface area (Å²) in [7, 11) is 0. The minimum atomic E-state index is -0.523. The van der Waals surface area contributed by atoms with Crippen molar-refractivity contribution in [1.29, 1.82) is 0 Å². The highest BCUT2D eigenvalue weighted by atomic mass is 127. The number of hydrogen-bond acceptors (Lipinski definition) is 7. The molecule has 194 valence electrons. The van der Waals surface area contributed by atoms with Gasteiger partial charge in [0.1, 0.15) is 5.69 Å². The molecular weight excluding hydrogens is 561 g/mol. The number of hydrogen-bond donors (Lipinski definition) is 3. The van der Waals surface area contributed by atoms with E-state index in [1.807, 2.05) is 12.4 Å². The second kappa shape index (κ2) is 10.5. The minimum absolute atomic E-state index is 0.379. The Morgan fingerprint density at radius 1 is 0.861 bits per heavy atom. The van der Waals surface area contributed by atoms with Crippen LogP contribution in [0.15, 0.2) is 39.8 Å². The Kier molecular flexibility index (Phi) is 7.18. The van der Waals surface area contributed by atoms with Crippen molar-refractivity contribution >= 4 is 43.8 Å². The first kappa shape index (κ1) is 24.6. The van der Waals surface area contributed by atoms with Gasteiger partial charge in [0.25, 0.3) is 0 Å². The van der Waals surface area contributed by atoms with Crippen LogP contribution >= 0.6 is 21.0 Å². The molecular formula is C28H40IN7. The van der Waals surface area contributed by atoms with Crippen molar-refractivity contribution in [2.45, 2.75) is 56.9 Å². The van der Waals surface area contributed by atoms with Gasteiger partial charge in [-0.25, -0.2) is 3.15 Å². The smallest absolute Gasteiger partial charge is 0.111 e. The number of nitrogen functional groups attached to an aromatic ring is 1. The molecule has 1 aromatic carbocycles. The van der Waals surface area contributed by atoms with Crippen LogP contribution in [-0.2, 0) is 0 Å². The topological polar surface area (TPSA) is 81.8 Å². The van der Waals surface area contributed by atoms with Crippen LogP contribution in [0, 0.1) is 8.99 Å². The van der Waals surface area contributed by atoms with Gasteiger partial charge in [-0.05, 0) is 101 Å². The van der Waals surface area contributed by atoms with Crippen LogP contribution in [0.1, 0.15) is 51.4 Å². The van der Waals surface area contributed by atoms with Gasteiger partial charge < -0.3 is 26.2 Å². The molecule has 4 aliphatic rings. The van der Waals surface area contributed by atoms with E-state index in [2.05, 4.69) is 49.7 Å². The summed E-state index contributed by atoms with van der Waals surface area (Å²) in [5, 5.41) is 7.31. The highest BCUT2D eigenvalue weighted by Crippen LogP contribution is 2.43. The average molecular weight is 602 g/mol. The molecule has 4 aliphatic heterocycles. The van der Waals surface area contributed by atoms with Gasteiger partial charge >= 0.3 is 0 Å². The molecule has 0 aliphatic carbocycles. The van der Waals surface area contributed by atoms with Gasteiger partial charge in [-0.2, -0.15) is 0 Å². The summed E-state index contributed by atoms with van der Waals surface area (Å²) in [5.41, 5.74) is 11.8. The number of pyridine rings is 1. The SMILES string of the molecule is Nc1ccc(I=Nc2cnccc2N2CCC3(CCNCC3)CC2)cc1N1CCC2(CCCN2)CC1. The first-order valence-corrected chi connectivity index (χ1v) is 15.8. The third kappa shape index (κ3) is 5.13. The van der Waals surface area contributed by atoms with Crippen LogP contribution < -0.4 is 26.2 Å². The van der Waals surface area contributed by atoms with E-state index in [4.69, 9.17) is 8.88 Å². The van der Waals surface area contributed by atoms with Gasteiger partial charge in [0, 0.05) is 62.5 Å².